The third kappa shape index (κ3) is 3.32. The van der Waals surface area contributed by atoms with Gasteiger partial charge in [0.15, 0.2) is 0 Å². The number of aromatic nitrogens is 1. The second-order valence-electron chi connectivity index (χ2n) is 3.58. The molecule has 3 N–H and O–H groups in total. The number of nitrogens with two attached hydrogens (primary N) is 1. The van der Waals surface area contributed by atoms with Crippen molar-refractivity contribution < 1.29 is 0 Å². The first-order valence-corrected chi connectivity index (χ1v) is 6.20. The number of rotatable bonds is 3. The van der Waals surface area contributed by atoms with E-state index >= 15 is 0 Å². The number of anilines is 2. The number of benzene rings is 1. The molecule has 1 aromatic carbocycles. The molecule has 0 unspecified atom stereocenters. The quantitative estimate of drug-likeness (QED) is 0.847. The summed E-state index contributed by atoms with van der Waals surface area (Å²) in [5.74, 6) is 0.624. The maximum Gasteiger partial charge on any atom is 0.130 e. The molecule has 0 fully saturated rings. The van der Waals surface area contributed by atoms with Crippen LogP contribution in [0.15, 0.2) is 36.5 Å². The molecule has 0 aliphatic heterocycles. The first-order chi connectivity index (χ1) is 8.54. The van der Waals surface area contributed by atoms with Gasteiger partial charge in [-0.15, -0.1) is 0 Å². The first kappa shape index (κ1) is 13.1. The molecule has 0 atom stereocenters. The van der Waals surface area contributed by atoms with Crippen molar-refractivity contribution in [3.63, 3.8) is 0 Å². The SMILES string of the molecule is NC(=S)c1ccnc(Nc2cc(Cl)cc(Cl)c2)c1. The van der Waals surface area contributed by atoms with Gasteiger partial charge < -0.3 is 11.1 Å². The lowest BCUT2D eigenvalue weighted by molar-refractivity contribution is 1.30. The van der Waals surface area contributed by atoms with Crippen LogP contribution in [0, 0.1) is 0 Å². The fourth-order valence-electron chi connectivity index (χ4n) is 1.43. The van der Waals surface area contributed by atoms with Gasteiger partial charge in [-0.3, -0.25) is 0 Å². The zero-order chi connectivity index (χ0) is 13.1. The van der Waals surface area contributed by atoms with Crippen molar-refractivity contribution in [3.8, 4) is 0 Å². The lowest BCUT2D eigenvalue weighted by Gasteiger charge is -2.07. The lowest BCUT2D eigenvalue weighted by atomic mass is 10.2. The lowest BCUT2D eigenvalue weighted by Crippen LogP contribution is -2.09. The van der Waals surface area contributed by atoms with Crippen molar-refractivity contribution >= 4 is 51.9 Å². The summed E-state index contributed by atoms with van der Waals surface area (Å²) < 4.78 is 0. The molecule has 92 valence electrons. The van der Waals surface area contributed by atoms with Crippen molar-refractivity contribution in [2.24, 2.45) is 5.73 Å². The van der Waals surface area contributed by atoms with Gasteiger partial charge >= 0.3 is 0 Å². The van der Waals surface area contributed by atoms with Gasteiger partial charge in [-0.1, -0.05) is 35.4 Å². The molecule has 2 aromatic rings. The van der Waals surface area contributed by atoms with E-state index in [4.69, 9.17) is 41.2 Å². The summed E-state index contributed by atoms with van der Waals surface area (Å²) in [5.41, 5.74) is 7.05. The van der Waals surface area contributed by atoms with Crippen LogP contribution in [0.25, 0.3) is 0 Å². The van der Waals surface area contributed by atoms with Gasteiger partial charge in [0, 0.05) is 27.5 Å². The number of nitrogens with zero attached hydrogens (tertiary/aromatic N) is 1. The van der Waals surface area contributed by atoms with Gasteiger partial charge in [0.1, 0.15) is 10.8 Å². The smallest absolute Gasteiger partial charge is 0.130 e. The Morgan fingerprint density at radius 3 is 2.44 bits per heavy atom. The zero-order valence-electron chi connectivity index (χ0n) is 9.15. The van der Waals surface area contributed by atoms with Crippen molar-refractivity contribution in [1.82, 2.24) is 4.98 Å². The Morgan fingerprint density at radius 2 is 1.83 bits per heavy atom. The van der Waals surface area contributed by atoms with Crippen LogP contribution in [0.4, 0.5) is 11.5 Å². The average Bonchev–Trinajstić information content (AvgIpc) is 2.27. The van der Waals surface area contributed by atoms with E-state index in [0.29, 0.717) is 20.9 Å². The highest BCUT2D eigenvalue weighted by molar-refractivity contribution is 7.80. The molecular weight excluding hydrogens is 289 g/mol. The second kappa shape index (κ2) is 5.52. The number of nitrogens with one attached hydrogen (secondary N) is 1. The monoisotopic (exact) mass is 297 g/mol. The minimum atomic E-state index is 0.324. The van der Waals surface area contributed by atoms with Gasteiger partial charge in [0.2, 0.25) is 0 Å². The molecule has 0 saturated heterocycles. The maximum atomic E-state index is 5.91. The van der Waals surface area contributed by atoms with Crippen molar-refractivity contribution in [2.45, 2.75) is 0 Å². The molecule has 0 bridgehead atoms. The van der Waals surface area contributed by atoms with Crippen LogP contribution in [-0.4, -0.2) is 9.97 Å². The predicted octanol–water partition coefficient (Wildman–Crippen LogP) is 3.77. The van der Waals surface area contributed by atoms with Gasteiger partial charge in [0.25, 0.3) is 0 Å². The summed E-state index contributed by atoms with van der Waals surface area (Å²) in [6.07, 6.45) is 1.63. The first-order valence-electron chi connectivity index (χ1n) is 5.03. The summed E-state index contributed by atoms with van der Waals surface area (Å²) >= 11 is 16.7. The Morgan fingerprint density at radius 1 is 1.17 bits per heavy atom. The van der Waals surface area contributed by atoms with Crippen LogP contribution >= 0.6 is 35.4 Å². The summed E-state index contributed by atoms with van der Waals surface area (Å²) in [6, 6.07) is 8.67. The predicted molar refractivity (Wildman–Crippen MR) is 79.9 cm³/mol. The normalized spacial score (nSPS) is 10.1. The van der Waals surface area contributed by atoms with E-state index in [1.54, 1.807) is 36.5 Å². The molecule has 0 radical (unpaired) electrons. The molecule has 1 heterocycles. The minimum absolute atomic E-state index is 0.324. The Hall–Kier alpha value is -1.36. The summed E-state index contributed by atoms with van der Waals surface area (Å²) in [7, 11) is 0. The molecule has 6 heteroatoms. The number of hydrogen-bond acceptors (Lipinski definition) is 3. The van der Waals surface area contributed by atoms with Gasteiger partial charge in [0.05, 0.1) is 0 Å². The van der Waals surface area contributed by atoms with Crippen molar-refractivity contribution in [3.05, 3.63) is 52.1 Å². The van der Waals surface area contributed by atoms with Gasteiger partial charge in [-0.2, -0.15) is 0 Å². The molecule has 0 aliphatic carbocycles. The van der Waals surface area contributed by atoms with E-state index in [9.17, 15) is 0 Å². The topological polar surface area (TPSA) is 50.9 Å². The fraction of sp³-hybridized carbons (Fsp3) is 0. The number of hydrogen-bond donors (Lipinski definition) is 2. The van der Waals surface area contributed by atoms with Crippen LogP contribution in [0.2, 0.25) is 10.0 Å². The molecular formula is C12H9Cl2N3S. The summed E-state index contributed by atoms with van der Waals surface area (Å²) in [5, 5.41) is 4.19. The van der Waals surface area contributed by atoms with Crippen LogP contribution < -0.4 is 11.1 Å². The van der Waals surface area contributed by atoms with E-state index in [0.717, 1.165) is 11.3 Å². The molecule has 3 nitrogen and oxygen atoms in total. The van der Waals surface area contributed by atoms with Crippen LogP contribution in [-0.2, 0) is 0 Å². The van der Waals surface area contributed by atoms with Crippen LogP contribution in [0.5, 0.6) is 0 Å². The highest BCUT2D eigenvalue weighted by Crippen LogP contribution is 2.24. The zero-order valence-corrected chi connectivity index (χ0v) is 11.5. The fourth-order valence-corrected chi connectivity index (χ4v) is 2.08. The minimum Gasteiger partial charge on any atom is -0.389 e. The Balaban J connectivity index is 2.28. The summed E-state index contributed by atoms with van der Waals surface area (Å²) in [4.78, 5) is 4.49. The number of pyridine rings is 1. The van der Waals surface area contributed by atoms with Crippen molar-refractivity contribution in [1.29, 1.82) is 0 Å². The molecule has 2 rings (SSSR count). The Bertz CT molecular complexity index is 581. The third-order valence-corrected chi connectivity index (χ3v) is 2.85. The molecule has 0 aliphatic rings. The third-order valence-electron chi connectivity index (χ3n) is 2.18. The number of thiocarbonyl (C=S) groups is 1. The Labute approximate surface area is 120 Å². The number of halogens is 2. The van der Waals surface area contributed by atoms with E-state index < -0.39 is 0 Å². The molecule has 18 heavy (non-hydrogen) atoms. The van der Waals surface area contributed by atoms with E-state index in [-0.39, 0.29) is 0 Å². The molecule has 0 amide bonds. The molecule has 0 saturated carbocycles. The largest absolute Gasteiger partial charge is 0.389 e. The summed E-state index contributed by atoms with van der Waals surface area (Å²) in [6.45, 7) is 0. The van der Waals surface area contributed by atoms with Crippen LogP contribution in [0.3, 0.4) is 0 Å². The maximum absolute atomic E-state index is 5.91. The van der Waals surface area contributed by atoms with Crippen molar-refractivity contribution in [2.75, 3.05) is 5.32 Å². The van der Waals surface area contributed by atoms with Gasteiger partial charge in [-0.05, 0) is 30.3 Å². The molecule has 0 spiro atoms. The van der Waals surface area contributed by atoms with Gasteiger partial charge in [-0.25, -0.2) is 4.98 Å². The van der Waals surface area contributed by atoms with E-state index in [1.165, 1.54) is 0 Å². The standard InChI is InChI=1S/C12H9Cl2N3S/c13-8-4-9(14)6-10(5-8)17-11-3-7(12(15)18)1-2-16-11/h1-6H,(H2,15,18)(H,16,17). The molecule has 1 aromatic heterocycles. The highest BCUT2D eigenvalue weighted by atomic mass is 35.5. The highest BCUT2D eigenvalue weighted by Gasteiger charge is 2.02. The average molecular weight is 298 g/mol. The Kier molecular flexibility index (Phi) is 4.01. The van der Waals surface area contributed by atoms with Crippen LogP contribution in [0.1, 0.15) is 5.56 Å². The second-order valence-corrected chi connectivity index (χ2v) is 4.89. The van der Waals surface area contributed by atoms with E-state index in [1.807, 2.05) is 0 Å². The van der Waals surface area contributed by atoms with E-state index in [2.05, 4.69) is 10.3 Å².